The first-order chi connectivity index (χ1) is 16.1. The second kappa shape index (κ2) is 11.0. The van der Waals surface area contributed by atoms with E-state index < -0.39 is 5.60 Å². The Morgan fingerprint density at radius 2 is 1.59 bits per heavy atom. The molecule has 1 aliphatic rings. The van der Waals surface area contributed by atoms with Crippen LogP contribution in [0.25, 0.3) is 0 Å². The van der Waals surface area contributed by atoms with Crippen molar-refractivity contribution in [2.45, 2.75) is 52.6 Å². The average molecular weight is 467 g/mol. The normalized spacial score (nSPS) is 14.3. The van der Waals surface area contributed by atoms with Crippen LogP contribution in [0.2, 0.25) is 0 Å². The summed E-state index contributed by atoms with van der Waals surface area (Å²) >= 11 is 0. The van der Waals surface area contributed by atoms with Gasteiger partial charge < -0.3 is 25.6 Å². The number of ether oxygens (including phenoxy) is 1. The van der Waals surface area contributed by atoms with E-state index in [1.54, 1.807) is 29.2 Å². The van der Waals surface area contributed by atoms with Crippen molar-refractivity contribution in [2.24, 2.45) is 5.92 Å². The zero-order valence-electron chi connectivity index (χ0n) is 20.3. The van der Waals surface area contributed by atoms with E-state index in [1.165, 1.54) is 0 Å². The Kier molecular flexibility index (Phi) is 8.15. The van der Waals surface area contributed by atoms with Crippen molar-refractivity contribution in [1.82, 2.24) is 4.90 Å². The van der Waals surface area contributed by atoms with Gasteiger partial charge in [-0.2, -0.15) is 0 Å². The quantitative estimate of drug-likeness (QED) is 0.533. The van der Waals surface area contributed by atoms with E-state index in [9.17, 15) is 14.4 Å². The van der Waals surface area contributed by atoms with Crippen molar-refractivity contribution >= 4 is 35.1 Å². The number of nitrogens with zero attached hydrogens (tertiary/aromatic N) is 1. The molecule has 8 nitrogen and oxygen atoms in total. The molecule has 34 heavy (non-hydrogen) atoms. The number of hydrogen-bond acceptors (Lipinski definition) is 4. The molecule has 2 aromatic carbocycles. The number of carbonyl (C=O) groups is 3. The SMILES string of the molecule is Cc1ccc(NC(=O)Nc2ccccc2)cc1NC(=O)CC1CCN(C(=O)OC(C)(C)C)CC1. The number of carbonyl (C=O) groups excluding carboxylic acids is 3. The molecule has 1 heterocycles. The lowest BCUT2D eigenvalue weighted by Crippen LogP contribution is -2.42. The van der Waals surface area contributed by atoms with Gasteiger partial charge in [-0.1, -0.05) is 24.3 Å². The van der Waals surface area contributed by atoms with Gasteiger partial charge in [0.05, 0.1) is 0 Å². The number of amides is 4. The smallest absolute Gasteiger partial charge is 0.410 e. The third-order valence-corrected chi connectivity index (χ3v) is 5.54. The highest BCUT2D eigenvalue weighted by Crippen LogP contribution is 2.25. The van der Waals surface area contributed by atoms with Gasteiger partial charge in [-0.25, -0.2) is 9.59 Å². The van der Waals surface area contributed by atoms with Crippen molar-refractivity contribution in [3.05, 3.63) is 54.1 Å². The second-order valence-electron chi connectivity index (χ2n) is 9.64. The van der Waals surface area contributed by atoms with E-state index in [4.69, 9.17) is 4.74 Å². The first kappa shape index (κ1) is 25.1. The fourth-order valence-electron chi connectivity index (χ4n) is 3.76. The molecule has 0 radical (unpaired) electrons. The molecule has 4 amide bonds. The number of anilines is 3. The van der Waals surface area contributed by atoms with Crippen LogP contribution in [-0.2, 0) is 9.53 Å². The monoisotopic (exact) mass is 466 g/mol. The van der Waals surface area contributed by atoms with E-state index >= 15 is 0 Å². The molecular weight excluding hydrogens is 432 g/mol. The molecule has 3 rings (SSSR count). The van der Waals surface area contributed by atoms with E-state index in [2.05, 4.69) is 16.0 Å². The van der Waals surface area contributed by atoms with Gasteiger partial charge in [0.25, 0.3) is 0 Å². The molecule has 3 N–H and O–H groups in total. The Morgan fingerprint density at radius 3 is 2.24 bits per heavy atom. The molecule has 1 fully saturated rings. The predicted molar refractivity (Wildman–Crippen MR) is 134 cm³/mol. The summed E-state index contributed by atoms with van der Waals surface area (Å²) < 4.78 is 5.43. The Balaban J connectivity index is 1.49. The van der Waals surface area contributed by atoms with Crippen molar-refractivity contribution in [1.29, 1.82) is 0 Å². The van der Waals surface area contributed by atoms with Gasteiger partial charge in [0, 0.05) is 36.6 Å². The van der Waals surface area contributed by atoms with E-state index in [0.717, 1.165) is 18.4 Å². The molecule has 0 unspecified atom stereocenters. The number of rotatable bonds is 5. The number of hydrogen-bond donors (Lipinski definition) is 3. The van der Waals surface area contributed by atoms with Gasteiger partial charge in [0.2, 0.25) is 5.91 Å². The van der Waals surface area contributed by atoms with Crippen LogP contribution in [0.5, 0.6) is 0 Å². The zero-order chi connectivity index (χ0) is 24.7. The van der Waals surface area contributed by atoms with Crippen LogP contribution in [0.3, 0.4) is 0 Å². The van der Waals surface area contributed by atoms with Crippen LogP contribution >= 0.6 is 0 Å². The topological polar surface area (TPSA) is 99.8 Å². The Labute approximate surface area is 201 Å². The third kappa shape index (κ3) is 7.79. The van der Waals surface area contributed by atoms with E-state index in [0.29, 0.717) is 36.6 Å². The highest BCUT2D eigenvalue weighted by Gasteiger charge is 2.27. The summed E-state index contributed by atoms with van der Waals surface area (Å²) in [4.78, 5) is 38.9. The minimum absolute atomic E-state index is 0.0790. The fraction of sp³-hybridized carbons (Fsp3) is 0.423. The number of benzene rings is 2. The number of urea groups is 1. The number of para-hydroxylation sites is 1. The molecule has 0 aliphatic carbocycles. The molecule has 0 spiro atoms. The van der Waals surface area contributed by atoms with Gasteiger partial charge in [0.1, 0.15) is 5.60 Å². The standard InChI is InChI=1S/C26H34N4O4/c1-18-10-11-21(28-24(32)27-20-8-6-5-7-9-20)17-22(18)29-23(31)16-19-12-14-30(15-13-19)25(33)34-26(2,3)4/h5-11,17,19H,12-16H2,1-4H3,(H,29,31)(H2,27,28,32). The molecule has 182 valence electrons. The second-order valence-corrected chi connectivity index (χ2v) is 9.64. The minimum Gasteiger partial charge on any atom is -0.444 e. The van der Waals surface area contributed by atoms with Crippen LogP contribution in [0, 0.1) is 12.8 Å². The first-order valence-electron chi connectivity index (χ1n) is 11.6. The molecule has 0 saturated carbocycles. The average Bonchev–Trinajstić information content (AvgIpc) is 2.76. The maximum absolute atomic E-state index is 12.7. The van der Waals surface area contributed by atoms with Gasteiger partial charge >= 0.3 is 12.1 Å². The zero-order valence-corrected chi connectivity index (χ0v) is 20.3. The number of nitrogens with one attached hydrogen (secondary N) is 3. The molecule has 0 atom stereocenters. The third-order valence-electron chi connectivity index (χ3n) is 5.54. The largest absolute Gasteiger partial charge is 0.444 e. The summed E-state index contributed by atoms with van der Waals surface area (Å²) in [6.07, 6.45) is 1.60. The van der Waals surface area contributed by atoms with Crippen LogP contribution < -0.4 is 16.0 Å². The van der Waals surface area contributed by atoms with Crippen LogP contribution in [-0.4, -0.2) is 41.6 Å². The molecule has 1 aliphatic heterocycles. The Bertz CT molecular complexity index is 1010. The van der Waals surface area contributed by atoms with Crippen LogP contribution in [0.1, 0.15) is 45.6 Å². The minimum atomic E-state index is -0.517. The number of likely N-dealkylation sites (tertiary alicyclic amines) is 1. The molecule has 2 aromatic rings. The van der Waals surface area contributed by atoms with Crippen molar-refractivity contribution in [3.8, 4) is 0 Å². The number of piperidine rings is 1. The first-order valence-corrected chi connectivity index (χ1v) is 11.6. The van der Waals surface area contributed by atoms with Crippen molar-refractivity contribution in [3.63, 3.8) is 0 Å². The molecule has 8 heteroatoms. The summed E-state index contributed by atoms with van der Waals surface area (Å²) in [5.41, 5.74) is 2.33. The van der Waals surface area contributed by atoms with E-state index in [1.807, 2.05) is 52.0 Å². The Morgan fingerprint density at radius 1 is 0.941 bits per heavy atom. The number of aryl methyl sites for hydroxylation is 1. The Hall–Kier alpha value is -3.55. The highest BCUT2D eigenvalue weighted by atomic mass is 16.6. The predicted octanol–water partition coefficient (Wildman–Crippen LogP) is 5.61. The summed E-state index contributed by atoms with van der Waals surface area (Å²) in [6, 6.07) is 14.2. The lowest BCUT2D eigenvalue weighted by molar-refractivity contribution is -0.117. The van der Waals surface area contributed by atoms with Crippen molar-refractivity contribution in [2.75, 3.05) is 29.0 Å². The maximum atomic E-state index is 12.7. The lowest BCUT2D eigenvalue weighted by Gasteiger charge is -2.33. The van der Waals surface area contributed by atoms with Crippen LogP contribution in [0.15, 0.2) is 48.5 Å². The molecule has 0 bridgehead atoms. The van der Waals surface area contributed by atoms with Gasteiger partial charge in [-0.3, -0.25) is 4.79 Å². The maximum Gasteiger partial charge on any atom is 0.410 e. The fourth-order valence-corrected chi connectivity index (χ4v) is 3.76. The van der Waals surface area contributed by atoms with E-state index in [-0.39, 0.29) is 23.9 Å². The highest BCUT2D eigenvalue weighted by molar-refractivity contribution is 6.00. The van der Waals surface area contributed by atoms with Gasteiger partial charge in [-0.15, -0.1) is 0 Å². The van der Waals surface area contributed by atoms with Gasteiger partial charge in [-0.05, 0) is 76.3 Å². The molecule has 1 saturated heterocycles. The summed E-state index contributed by atoms with van der Waals surface area (Å²) in [7, 11) is 0. The summed E-state index contributed by atoms with van der Waals surface area (Å²) in [5, 5.41) is 8.53. The van der Waals surface area contributed by atoms with Crippen molar-refractivity contribution < 1.29 is 19.1 Å². The lowest BCUT2D eigenvalue weighted by atomic mass is 9.93. The summed E-state index contributed by atoms with van der Waals surface area (Å²) in [5.74, 6) is 0.127. The molecular formula is C26H34N4O4. The van der Waals surface area contributed by atoms with Crippen LogP contribution in [0.4, 0.5) is 26.7 Å². The van der Waals surface area contributed by atoms with Gasteiger partial charge in [0.15, 0.2) is 0 Å². The summed E-state index contributed by atoms with van der Waals surface area (Å²) in [6.45, 7) is 8.63. The molecule has 0 aromatic heterocycles.